The number of pyridine rings is 1. The molecule has 3 heterocycles. The molecule has 0 radical (unpaired) electrons. The van der Waals surface area contributed by atoms with Crippen LogP contribution in [-0.2, 0) is 11.0 Å². The van der Waals surface area contributed by atoms with Crippen LogP contribution >= 0.6 is 0 Å². The van der Waals surface area contributed by atoms with Gasteiger partial charge in [-0.3, -0.25) is 19.1 Å². The number of amides is 3. The van der Waals surface area contributed by atoms with E-state index in [9.17, 15) is 27.6 Å². The molecule has 1 atom stereocenters. The number of nitrogens with zero attached hydrogens (tertiary/aromatic N) is 4. The van der Waals surface area contributed by atoms with Crippen molar-refractivity contribution in [2.24, 2.45) is 0 Å². The number of alkyl halides is 3. The zero-order valence-electron chi connectivity index (χ0n) is 18.1. The van der Waals surface area contributed by atoms with Crippen molar-refractivity contribution in [1.82, 2.24) is 14.8 Å². The third-order valence-corrected chi connectivity index (χ3v) is 5.19. The minimum atomic E-state index is -4.48. The van der Waals surface area contributed by atoms with Crippen LogP contribution in [0.3, 0.4) is 0 Å². The fourth-order valence-electron chi connectivity index (χ4n) is 3.58. The number of benzene rings is 1. The molecule has 1 aromatic carbocycles. The SMILES string of the molecule is CC(=O)Nc1ccc(C(=O)Nc2cnn3c2C(=O)N(c2ccc(C(F)(F)F)cc2)C[C@@H]3C)cn1. The van der Waals surface area contributed by atoms with Crippen LogP contribution in [0.5, 0.6) is 0 Å². The summed E-state index contributed by atoms with van der Waals surface area (Å²) < 4.78 is 40.1. The lowest BCUT2D eigenvalue weighted by Crippen LogP contribution is -2.43. The number of fused-ring (bicyclic) bond motifs is 1. The van der Waals surface area contributed by atoms with Gasteiger partial charge in [0.05, 0.1) is 29.1 Å². The Kier molecular flexibility index (Phi) is 5.82. The predicted octanol–water partition coefficient (Wildman–Crippen LogP) is 3.73. The van der Waals surface area contributed by atoms with Crippen LogP contribution in [0.25, 0.3) is 0 Å². The molecule has 2 aromatic heterocycles. The first kappa shape index (κ1) is 23.0. The van der Waals surface area contributed by atoms with E-state index in [4.69, 9.17) is 0 Å². The highest BCUT2D eigenvalue weighted by molar-refractivity contribution is 6.13. The van der Waals surface area contributed by atoms with E-state index in [0.29, 0.717) is 5.69 Å². The van der Waals surface area contributed by atoms with E-state index < -0.39 is 23.6 Å². The molecule has 4 rings (SSSR count). The summed E-state index contributed by atoms with van der Waals surface area (Å²) >= 11 is 0. The molecule has 0 saturated heterocycles. The topological polar surface area (TPSA) is 109 Å². The molecular formula is C22H19F3N6O3. The first-order valence-electron chi connectivity index (χ1n) is 10.2. The Labute approximate surface area is 191 Å². The fraction of sp³-hybridized carbons (Fsp3) is 0.227. The summed E-state index contributed by atoms with van der Waals surface area (Å²) in [4.78, 5) is 42.4. The molecule has 1 aliphatic rings. The van der Waals surface area contributed by atoms with Crippen LogP contribution in [0.4, 0.5) is 30.4 Å². The van der Waals surface area contributed by atoms with E-state index in [1.165, 1.54) is 53.2 Å². The van der Waals surface area contributed by atoms with Gasteiger partial charge in [0.2, 0.25) is 5.91 Å². The molecule has 3 aromatic rings. The van der Waals surface area contributed by atoms with Gasteiger partial charge in [-0.15, -0.1) is 0 Å². The Balaban J connectivity index is 1.57. The lowest BCUT2D eigenvalue weighted by atomic mass is 10.1. The number of carbonyl (C=O) groups is 3. The zero-order chi connectivity index (χ0) is 24.6. The minimum absolute atomic E-state index is 0.106. The van der Waals surface area contributed by atoms with Crippen molar-refractivity contribution in [2.45, 2.75) is 26.1 Å². The summed E-state index contributed by atoms with van der Waals surface area (Å²) in [5, 5.41) is 9.32. The van der Waals surface area contributed by atoms with E-state index in [2.05, 4.69) is 20.7 Å². The molecule has 0 spiro atoms. The molecule has 0 aliphatic carbocycles. The second-order valence-corrected chi connectivity index (χ2v) is 7.73. The average Bonchev–Trinajstić information content (AvgIpc) is 3.20. The first-order valence-corrected chi connectivity index (χ1v) is 10.2. The van der Waals surface area contributed by atoms with E-state index in [-0.39, 0.29) is 41.3 Å². The summed E-state index contributed by atoms with van der Waals surface area (Å²) in [7, 11) is 0. The average molecular weight is 472 g/mol. The van der Waals surface area contributed by atoms with Crippen molar-refractivity contribution in [1.29, 1.82) is 0 Å². The Morgan fingerprint density at radius 1 is 1.06 bits per heavy atom. The van der Waals surface area contributed by atoms with Crippen molar-refractivity contribution >= 4 is 34.9 Å². The quantitative estimate of drug-likeness (QED) is 0.602. The maximum atomic E-state index is 13.2. The standard InChI is InChI=1S/C22H19F3N6O3/c1-12-11-30(16-6-4-15(5-7-16)22(23,24)25)21(34)19-17(10-27-31(12)19)29-20(33)14-3-8-18(26-9-14)28-13(2)32/h3-10,12H,11H2,1-2H3,(H,29,33)(H,26,28,32)/t12-/m0/s1. The monoisotopic (exact) mass is 472 g/mol. The number of carbonyl (C=O) groups excluding carboxylic acids is 3. The summed E-state index contributed by atoms with van der Waals surface area (Å²) in [5.74, 6) is -1.08. The summed E-state index contributed by atoms with van der Waals surface area (Å²) in [6.07, 6.45) is -1.87. The second-order valence-electron chi connectivity index (χ2n) is 7.73. The Morgan fingerprint density at radius 3 is 2.35 bits per heavy atom. The largest absolute Gasteiger partial charge is 0.416 e. The van der Waals surface area contributed by atoms with Crippen LogP contribution < -0.4 is 15.5 Å². The van der Waals surface area contributed by atoms with Gasteiger partial charge in [-0.2, -0.15) is 18.3 Å². The van der Waals surface area contributed by atoms with Crippen LogP contribution in [0.15, 0.2) is 48.8 Å². The third kappa shape index (κ3) is 4.47. The van der Waals surface area contributed by atoms with E-state index in [1.807, 2.05) is 0 Å². The van der Waals surface area contributed by atoms with Gasteiger partial charge in [0.1, 0.15) is 5.82 Å². The third-order valence-electron chi connectivity index (χ3n) is 5.19. The van der Waals surface area contributed by atoms with E-state index >= 15 is 0 Å². The lowest BCUT2D eigenvalue weighted by Gasteiger charge is -2.32. The van der Waals surface area contributed by atoms with Gasteiger partial charge in [0, 0.05) is 25.4 Å². The molecule has 1 aliphatic heterocycles. The van der Waals surface area contributed by atoms with Crippen LogP contribution in [0, 0.1) is 0 Å². The molecular weight excluding hydrogens is 453 g/mol. The molecule has 12 heteroatoms. The van der Waals surface area contributed by atoms with Crippen LogP contribution in [-0.4, -0.2) is 39.0 Å². The number of nitrogens with one attached hydrogen (secondary N) is 2. The number of aromatic nitrogens is 3. The van der Waals surface area contributed by atoms with Crippen LogP contribution in [0.1, 0.15) is 46.3 Å². The zero-order valence-corrected chi connectivity index (χ0v) is 18.1. The smallest absolute Gasteiger partial charge is 0.319 e. The lowest BCUT2D eigenvalue weighted by molar-refractivity contribution is -0.137. The Hall–Kier alpha value is -4.22. The van der Waals surface area contributed by atoms with Gasteiger partial charge in [0.15, 0.2) is 5.69 Å². The molecule has 3 amide bonds. The fourth-order valence-corrected chi connectivity index (χ4v) is 3.58. The van der Waals surface area contributed by atoms with Gasteiger partial charge in [-0.05, 0) is 43.3 Å². The maximum absolute atomic E-state index is 13.2. The van der Waals surface area contributed by atoms with Crippen molar-refractivity contribution in [2.75, 3.05) is 22.1 Å². The van der Waals surface area contributed by atoms with Gasteiger partial charge >= 0.3 is 6.18 Å². The number of hydrogen-bond donors (Lipinski definition) is 2. The number of anilines is 3. The molecule has 0 fully saturated rings. The van der Waals surface area contributed by atoms with E-state index in [0.717, 1.165) is 12.1 Å². The molecule has 0 saturated carbocycles. The molecule has 0 bridgehead atoms. The van der Waals surface area contributed by atoms with Crippen molar-refractivity contribution in [3.05, 3.63) is 65.6 Å². The number of rotatable bonds is 4. The normalized spacial score (nSPS) is 15.6. The highest BCUT2D eigenvalue weighted by atomic mass is 19.4. The molecule has 176 valence electrons. The maximum Gasteiger partial charge on any atom is 0.416 e. The molecule has 2 N–H and O–H groups in total. The highest BCUT2D eigenvalue weighted by Gasteiger charge is 2.35. The second kappa shape index (κ2) is 8.61. The summed E-state index contributed by atoms with van der Waals surface area (Å²) in [6.45, 7) is 3.33. The first-order chi connectivity index (χ1) is 16.0. The van der Waals surface area contributed by atoms with Crippen molar-refractivity contribution in [3.8, 4) is 0 Å². The Morgan fingerprint density at radius 2 is 1.76 bits per heavy atom. The van der Waals surface area contributed by atoms with Gasteiger partial charge in [-0.1, -0.05) is 0 Å². The van der Waals surface area contributed by atoms with Gasteiger partial charge < -0.3 is 15.5 Å². The highest BCUT2D eigenvalue weighted by Crippen LogP contribution is 2.33. The summed E-state index contributed by atoms with van der Waals surface area (Å²) in [6, 6.07) is 6.93. The molecule has 9 nitrogen and oxygen atoms in total. The van der Waals surface area contributed by atoms with Gasteiger partial charge in [-0.25, -0.2) is 4.98 Å². The number of halogens is 3. The predicted molar refractivity (Wildman–Crippen MR) is 117 cm³/mol. The molecule has 0 unspecified atom stereocenters. The number of hydrogen-bond acceptors (Lipinski definition) is 5. The van der Waals surface area contributed by atoms with Crippen LogP contribution in [0.2, 0.25) is 0 Å². The van der Waals surface area contributed by atoms with Crippen molar-refractivity contribution < 1.29 is 27.6 Å². The summed E-state index contributed by atoms with van der Waals surface area (Å²) in [5.41, 5.74) is -0.0682. The minimum Gasteiger partial charge on any atom is -0.319 e. The molecule has 34 heavy (non-hydrogen) atoms. The van der Waals surface area contributed by atoms with Gasteiger partial charge in [0.25, 0.3) is 11.8 Å². The van der Waals surface area contributed by atoms with Crippen molar-refractivity contribution in [3.63, 3.8) is 0 Å². The Bertz CT molecular complexity index is 1250. The van der Waals surface area contributed by atoms with E-state index in [1.54, 1.807) is 6.92 Å².